The summed E-state index contributed by atoms with van der Waals surface area (Å²) in [5.41, 5.74) is 0. The molecule has 0 aliphatic rings. The van der Waals surface area contributed by atoms with Gasteiger partial charge < -0.3 is 14.2 Å². The van der Waals surface area contributed by atoms with Gasteiger partial charge in [0.05, 0.1) is 12.8 Å². The lowest BCUT2D eigenvalue weighted by atomic mass is 10.3. The Hall–Kier alpha value is -1.48. The average Bonchev–Trinajstić information content (AvgIpc) is 2.87. The standard InChI is InChI=1S/C12H15NO2/c1-2-7-13-9-10-5-6-12(15-10)11-4-3-8-14-11/h3-6,8,13H,2,7,9H2,1H3. The lowest BCUT2D eigenvalue weighted by Gasteiger charge is -1.98. The van der Waals surface area contributed by atoms with Gasteiger partial charge in [-0.3, -0.25) is 0 Å². The number of nitrogens with one attached hydrogen (secondary N) is 1. The van der Waals surface area contributed by atoms with Crippen LogP contribution in [0.25, 0.3) is 11.5 Å². The fourth-order valence-corrected chi connectivity index (χ4v) is 1.41. The molecule has 0 spiro atoms. The van der Waals surface area contributed by atoms with Crippen molar-refractivity contribution >= 4 is 0 Å². The molecule has 3 nitrogen and oxygen atoms in total. The molecule has 3 heteroatoms. The van der Waals surface area contributed by atoms with Crippen LogP contribution in [0.3, 0.4) is 0 Å². The van der Waals surface area contributed by atoms with Crippen LogP contribution in [0.15, 0.2) is 39.4 Å². The van der Waals surface area contributed by atoms with Gasteiger partial charge in [-0.25, -0.2) is 0 Å². The van der Waals surface area contributed by atoms with Gasteiger partial charge in [-0.15, -0.1) is 0 Å². The van der Waals surface area contributed by atoms with Crippen molar-refractivity contribution in [2.75, 3.05) is 6.54 Å². The molecule has 1 N–H and O–H groups in total. The van der Waals surface area contributed by atoms with Crippen molar-refractivity contribution in [1.82, 2.24) is 5.32 Å². The number of hydrogen-bond donors (Lipinski definition) is 1. The highest BCUT2D eigenvalue weighted by Crippen LogP contribution is 2.22. The van der Waals surface area contributed by atoms with Gasteiger partial charge in [-0.05, 0) is 37.2 Å². The molecule has 0 fully saturated rings. The van der Waals surface area contributed by atoms with Crippen molar-refractivity contribution in [3.05, 3.63) is 36.3 Å². The summed E-state index contributed by atoms with van der Waals surface area (Å²) < 4.78 is 10.9. The minimum atomic E-state index is 0.772. The summed E-state index contributed by atoms with van der Waals surface area (Å²) >= 11 is 0. The zero-order valence-corrected chi connectivity index (χ0v) is 8.82. The second kappa shape index (κ2) is 4.84. The Kier molecular flexibility index (Phi) is 3.25. The minimum Gasteiger partial charge on any atom is -0.461 e. The predicted molar refractivity (Wildman–Crippen MR) is 58.4 cm³/mol. The molecule has 0 bridgehead atoms. The smallest absolute Gasteiger partial charge is 0.169 e. The van der Waals surface area contributed by atoms with E-state index in [2.05, 4.69) is 12.2 Å². The van der Waals surface area contributed by atoms with Crippen molar-refractivity contribution < 1.29 is 8.83 Å². The van der Waals surface area contributed by atoms with Crippen LogP contribution in [-0.2, 0) is 6.54 Å². The van der Waals surface area contributed by atoms with Crippen LogP contribution in [0.5, 0.6) is 0 Å². The fourth-order valence-electron chi connectivity index (χ4n) is 1.41. The number of furan rings is 2. The van der Waals surface area contributed by atoms with Gasteiger partial charge in [0, 0.05) is 0 Å². The van der Waals surface area contributed by atoms with Crippen LogP contribution in [0.2, 0.25) is 0 Å². The zero-order valence-electron chi connectivity index (χ0n) is 8.82. The van der Waals surface area contributed by atoms with Crippen molar-refractivity contribution in [1.29, 1.82) is 0 Å². The van der Waals surface area contributed by atoms with Gasteiger partial charge in [-0.2, -0.15) is 0 Å². The van der Waals surface area contributed by atoms with E-state index in [1.807, 2.05) is 24.3 Å². The monoisotopic (exact) mass is 205 g/mol. The molecule has 2 aromatic heterocycles. The van der Waals surface area contributed by atoms with Crippen LogP contribution in [-0.4, -0.2) is 6.54 Å². The molecule has 0 saturated heterocycles. The van der Waals surface area contributed by atoms with Gasteiger partial charge in [0.25, 0.3) is 0 Å². The highest BCUT2D eigenvalue weighted by Gasteiger charge is 2.05. The molecule has 0 saturated carbocycles. The summed E-state index contributed by atoms with van der Waals surface area (Å²) in [5.74, 6) is 2.50. The first-order valence-corrected chi connectivity index (χ1v) is 5.23. The zero-order chi connectivity index (χ0) is 10.5. The van der Waals surface area contributed by atoms with Gasteiger partial charge in [0.2, 0.25) is 0 Å². The number of rotatable bonds is 5. The van der Waals surface area contributed by atoms with E-state index in [0.29, 0.717) is 0 Å². The highest BCUT2D eigenvalue weighted by molar-refractivity contribution is 5.49. The predicted octanol–water partition coefficient (Wildman–Crippen LogP) is 3.04. The van der Waals surface area contributed by atoms with Crippen LogP contribution >= 0.6 is 0 Å². The Labute approximate surface area is 89.1 Å². The summed E-state index contributed by atoms with van der Waals surface area (Å²) in [4.78, 5) is 0. The maximum atomic E-state index is 5.62. The summed E-state index contributed by atoms with van der Waals surface area (Å²) in [7, 11) is 0. The first kappa shape index (κ1) is 10.1. The quantitative estimate of drug-likeness (QED) is 0.762. The van der Waals surface area contributed by atoms with E-state index in [1.54, 1.807) is 6.26 Å². The molecular weight excluding hydrogens is 190 g/mol. The minimum absolute atomic E-state index is 0.772. The molecular formula is C12H15NO2. The van der Waals surface area contributed by atoms with Crippen molar-refractivity contribution in [2.24, 2.45) is 0 Å². The molecule has 0 aliphatic carbocycles. The normalized spacial score (nSPS) is 10.7. The molecule has 0 radical (unpaired) electrons. The first-order chi connectivity index (χ1) is 7.40. The third kappa shape index (κ3) is 2.50. The molecule has 0 atom stereocenters. The maximum Gasteiger partial charge on any atom is 0.169 e. The van der Waals surface area contributed by atoms with Crippen molar-refractivity contribution in [3.8, 4) is 11.5 Å². The van der Waals surface area contributed by atoms with Crippen LogP contribution < -0.4 is 5.32 Å². The lowest BCUT2D eigenvalue weighted by Crippen LogP contribution is -2.12. The first-order valence-electron chi connectivity index (χ1n) is 5.23. The fraction of sp³-hybridized carbons (Fsp3) is 0.333. The Morgan fingerprint density at radius 1 is 1.20 bits per heavy atom. The van der Waals surface area contributed by atoms with Gasteiger partial charge >= 0.3 is 0 Å². The lowest BCUT2D eigenvalue weighted by molar-refractivity contribution is 0.473. The average molecular weight is 205 g/mol. The van der Waals surface area contributed by atoms with Gasteiger partial charge in [-0.1, -0.05) is 6.92 Å². The van der Waals surface area contributed by atoms with E-state index < -0.39 is 0 Å². The molecule has 0 unspecified atom stereocenters. The summed E-state index contributed by atoms with van der Waals surface area (Å²) in [5, 5.41) is 3.29. The second-order valence-electron chi connectivity index (χ2n) is 3.42. The Morgan fingerprint density at radius 3 is 2.87 bits per heavy atom. The third-order valence-electron chi connectivity index (χ3n) is 2.15. The van der Waals surface area contributed by atoms with Gasteiger partial charge in [0.1, 0.15) is 5.76 Å². The van der Waals surface area contributed by atoms with Crippen molar-refractivity contribution in [3.63, 3.8) is 0 Å². The van der Waals surface area contributed by atoms with Crippen LogP contribution in [0.1, 0.15) is 19.1 Å². The Bertz CT molecular complexity index is 389. The second-order valence-corrected chi connectivity index (χ2v) is 3.42. The number of hydrogen-bond acceptors (Lipinski definition) is 3. The van der Waals surface area contributed by atoms with E-state index >= 15 is 0 Å². The van der Waals surface area contributed by atoms with Gasteiger partial charge in [0.15, 0.2) is 11.5 Å². The van der Waals surface area contributed by atoms with Crippen LogP contribution in [0.4, 0.5) is 0 Å². The highest BCUT2D eigenvalue weighted by atomic mass is 16.4. The summed E-state index contributed by atoms with van der Waals surface area (Å²) in [6.07, 6.45) is 2.78. The Balaban J connectivity index is 1.98. The van der Waals surface area contributed by atoms with E-state index in [-0.39, 0.29) is 0 Å². The molecule has 2 aromatic rings. The Morgan fingerprint density at radius 2 is 2.13 bits per heavy atom. The molecule has 15 heavy (non-hydrogen) atoms. The molecule has 0 aliphatic heterocycles. The van der Waals surface area contributed by atoms with E-state index in [1.165, 1.54) is 0 Å². The molecule has 2 rings (SSSR count). The topological polar surface area (TPSA) is 38.3 Å². The maximum absolute atomic E-state index is 5.62. The van der Waals surface area contributed by atoms with Crippen molar-refractivity contribution in [2.45, 2.75) is 19.9 Å². The SMILES string of the molecule is CCCNCc1ccc(-c2ccco2)o1. The van der Waals surface area contributed by atoms with E-state index in [9.17, 15) is 0 Å². The molecule has 0 amide bonds. The molecule has 80 valence electrons. The molecule has 2 heterocycles. The summed E-state index contributed by atoms with van der Waals surface area (Å²) in [6, 6.07) is 7.65. The third-order valence-corrected chi connectivity index (χ3v) is 2.15. The molecule has 0 aromatic carbocycles. The summed E-state index contributed by atoms with van der Waals surface area (Å²) in [6.45, 7) is 3.93. The largest absolute Gasteiger partial charge is 0.461 e. The van der Waals surface area contributed by atoms with E-state index in [0.717, 1.165) is 36.8 Å². The van der Waals surface area contributed by atoms with E-state index in [4.69, 9.17) is 8.83 Å². The van der Waals surface area contributed by atoms with Crippen LogP contribution in [0, 0.1) is 0 Å².